The molecular formula is C10H14BrNO3S. The second kappa shape index (κ2) is 5.65. The van der Waals surface area contributed by atoms with E-state index < -0.39 is 10.0 Å². The molecule has 0 atom stereocenters. The summed E-state index contributed by atoms with van der Waals surface area (Å²) >= 11 is 3.36. The van der Waals surface area contributed by atoms with Crippen LogP contribution in [0.25, 0.3) is 0 Å². The van der Waals surface area contributed by atoms with Crippen molar-refractivity contribution in [2.24, 2.45) is 0 Å². The molecule has 1 rings (SSSR count). The van der Waals surface area contributed by atoms with Crippen LogP contribution in [-0.2, 0) is 21.4 Å². The molecule has 0 aromatic heterocycles. The first-order valence-electron chi connectivity index (χ1n) is 4.77. The first kappa shape index (κ1) is 13.5. The van der Waals surface area contributed by atoms with Crippen LogP contribution in [-0.4, -0.2) is 21.3 Å². The molecule has 0 aliphatic heterocycles. The molecule has 1 aromatic carbocycles. The molecule has 0 saturated heterocycles. The van der Waals surface area contributed by atoms with Crippen molar-refractivity contribution in [1.82, 2.24) is 0 Å². The van der Waals surface area contributed by atoms with Crippen LogP contribution in [0.2, 0.25) is 0 Å². The highest BCUT2D eigenvalue weighted by Crippen LogP contribution is 2.26. The smallest absolute Gasteiger partial charge is 0.232 e. The van der Waals surface area contributed by atoms with Gasteiger partial charge in [-0.3, -0.25) is 4.72 Å². The summed E-state index contributed by atoms with van der Waals surface area (Å²) in [6, 6.07) is 5.33. The van der Waals surface area contributed by atoms with Crippen molar-refractivity contribution in [2.75, 3.05) is 17.6 Å². The van der Waals surface area contributed by atoms with Crippen LogP contribution in [0, 0.1) is 0 Å². The van der Waals surface area contributed by atoms with Crippen molar-refractivity contribution in [2.45, 2.75) is 13.5 Å². The van der Waals surface area contributed by atoms with Crippen molar-refractivity contribution in [1.29, 1.82) is 0 Å². The Labute approximate surface area is 104 Å². The third-order valence-electron chi connectivity index (χ3n) is 2.05. The van der Waals surface area contributed by atoms with Gasteiger partial charge in [-0.05, 0) is 19.1 Å². The van der Waals surface area contributed by atoms with E-state index in [1.807, 2.05) is 6.07 Å². The highest BCUT2D eigenvalue weighted by atomic mass is 79.9. The Morgan fingerprint density at radius 3 is 2.69 bits per heavy atom. The standard InChI is InChI=1S/C10H14BrNO3S/c1-3-16(13,14)12-10-6-4-5-9(11)8(10)7-15-2/h4-6,12H,3,7H2,1-2H3. The van der Waals surface area contributed by atoms with E-state index >= 15 is 0 Å². The fraction of sp³-hybridized carbons (Fsp3) is 0.400. The van der Waals surface area contributed by atoms with Crippen LogP contribution in [0.5, 0.6) is 0 Å². The summed E-state index contributed by atoms with van der Waals surface area (Å²) in [5.41, 5.74) is 1.35. The normalized spacial score (nSPS) is 11.4. The molecule has 0 aliphatic rings. The topological polar surface area (TPSA) is 55.4 Å². The highest BCUT2D eigenvalue weighted by Gasteiger charge is 2.12. The molecule has 1 aromatic rings. The SMILES string of the molecule is CCS(=O)(=O)Nc1cccc(Br)c1COC. The average Bonchev–Trinajstić information content (AvgIpc) is 2.23. The van der Waals surface area contributed by atoms with Gasteiger partial charge in [0.2, 0.25) is 10.0 Å². The van der Waals surface area contributed by atoms with Crippen LogP contribution >= 0.6 is 15.9 Å². The molecule has 90 valence electrons. The molecule has 0 fully saturated rings. The second-order valence-corrected chi connectivity index (χ2v) is 6.07. The van der Waals surface area contributed by atoms with E-state index in [0.717, 1.165) is 10.0 Å². The number of halogens is 1. The maximum atomic E-state index is 11.5. The van der Waals surface area contributed by atoms with Crippen LogP contribution in [0.4, 0.5) is 5.69 Å². The predicted octanol–water partition coefficient (Wildman–Crippen LogP) is 2.36. The number of methoxy groups -OCH3 is 1. The Morgan fingerprint density at radius 2 is 2.12 bits per heavy atom. The number of sulfonamides is 1. The van der Waals surface area contributed by atoms with Crippen molar-refractivity contribution in [3.8, 4) is 0 Å². The minimum absolute atomic E-state index is 0.0476. The van der Waals surface area contributed by atoms with Gasteiger partial charge in [0.1, 0.15) is 0 Å². The van der Waals surface area contributed by atoms with Crippen LogP contribution in [0.15, 0.2) is 22.7 Å². The summed E-state index contributed by atoms with van der Waals surface area (Å²) in [7, 11) is -1.69. The van der Waals surface area contributed by atoms with Gasteiger partial charge in [0.25, 0.3) is 0 Å². The highest BCUT2D eigenvalue weighted by molar-refractivity contribution is 9.10. The number of ether oxygens (including phenoxy) is 1. The first-order chi connectivity index (χ1) is 7.50. The summed E-state index contributed by atoms with van der Waals surface area (Å²) in [5, 5.41) is 0. The third kappa shape index (κ3) is 3.47. The van der Waals surface area contributed by atoms with Gasteiger partial charge in [0.05, 0.1) is 18.0 Å². The number of hydrogen-bond donors (Lipinski definition) is 1. The lowest BCUT2D eigenvalue weighted by Gasteiger charge is -2.12. The number of nitrogens with one attached hydrogen (secondary N) is 1. The van der Waals surface area contributed by atoms with Crippen molar-refractivity contribution < 1.29 is 13.2 Å². The molecule has 16 heavy (non-hydrogen) atoms. The zero-order chi connectivity index (χ0) is 12.2. The van der Waals surface area contributed by atoms with Crippen LogP contribution in [0.1, 0.15) is 12.5 Å². The minimum atomic E-state index is -3.26. The van der Waals surface area contributed by atoms with Crippen LogP contribution in [0.3, 0.4) is 0 Å². The van der Waals surface area contributed by atoms with Gasteiger partial charge in [-0.2, -0.15) is 0 Å². The molecule has 0 bridgehead atoms. The van der Waals surface area contributed by atoms with E-state index in [4.69, 9.17) is 4.74 Å². The minimum Gasteiger partial charge on any atom is -0.380 e. The zero-order valence-corrected chi connectivity index (χ0v) is 11.6. The molecule has 0 heterocycles. The van der Waals surface area contributed by atoms with Crippen LogP contribution < -0.4 is 4.72 Å². The second-order valence-electron chi connectivity index (χ2n) is 3.20. The lowest BCUT2D eigenvalue weighted by molar-refractivity contribution is 0.185. The van der Waals surface area contributed by atoms with Crippen molar-refractivity contribution >= 4 is 31.6 Å². The van der Waals surface area contributed by atoms with Gasteiger partial charge in [0.15, 0.2) is 0 Å². The van der Waals surface area contributed by atoms with E-state index in [-0.39, 0.29) is 5.75 Å². The number of hydrogen-bond acceptors (Lipinski definition) is 3. The molecule has 6 heteroatoms. The molecule has 0 amide bonds. The molecular weight excluding hydrogens is 294 g/mol. The van der Waals surface area contributed by atoms with Gasteiger partial charge in [0, 0.05) is 17.1 Å². The molecule has 4 nitrogen and oxygen atoms in total. The summed E-state index contributed by atoms with van der Waals surface area (Å²) in [6.07, 6.45) is 0. The van der Waals surface area contributed by atoms with E-state index in [1.165, 1.54) is 0 Å². The summed E-state index contributed by atoms with van der Waals surface area (Å²) in [5.74, 6) is 0.0476. The lowest BCUT2D eigenvalue weighted by atomic mass is 10.2. The van der Waals surface area contributed by atoms with E-state index in [9.17, 15) is 8.42 Å². The van der Waals surface area contributed by atoms with Gasteiger partial charge >= 0.3 is 0 Å². The number of anilines is 1. The number of benzene rings is 1. The number of rotatable bonds is 5. The summed E-state index contributed by atoms with van der Waals surface area (Å²) in [6.45, 7) is 1.94. The predicted molar refractivity (Wildman–Crippen MR) is 67.9 cm³/mol. The largest absolute Gasteiger partial charge is 0.380 e. The van der Waals surface area contributed by atoms with Gasteiger partial charge in [-0.25, -0.2) is 8.42 Å². The molecule has 1 N–H and O–H groups in total. The van der Waals surface area contributed by atoms with Crippen molar-refractivity contribution in [3.05, 3.63) is 28.2 Å². The van der Waals surface area contributed by atoms with Gasteiger partial charge in [-0.15, -0.1) is 0 Å². The molecule has 0 aliphatic carbocycles. The Morgan fingerprint density at radius 1 is 1.44 bits per heavy atom. The summed E-state index contributed by atoms with van der Waals surface area (Å²) < 4.78 is 31.3. The third-order valence-corrected chi connectivity index (χ3v) is 4.09. The monoisotopic (exact) mass is 307 g/mol. The maximum absolute atomic E-state index is 11.5. The maximum Gasteiger partial charge on any atom is 0.232 e. The van der Waals surface area contributed by atoms with Gasteiger partial charge < -0.3 is 4.74 Å². The molecule has 0 saturated carbocycles. The lowest BCUT2D eigenvalue weighted by Crippen LogP contribution is -2.16. The molecule has 0 radical (unpaired) electrons. The Balaban J connectivity index is 3.08. The first-order valence-corrected chi connectivity index (χ1v) is 7.21. The fourth-order valence-corrected chi connectivity index (χ4v) is 2.34. The Bertz CT molecular complexity index is 459. The van der Waals surface area contributed by atoms with Crippen molar-refractivity contribution in [3.63, 3.8) is 0 Å². The Kier molecular flexibility index (Phi) is 4.76. The van der Waals surface area contributed by atoms with Gasteiger partial charge in [-0.1, -0.05) is 22.0 Å². The quantitative estimate of drug-likeness (QED) is 0.908. The Hall–Kier alpha value is -0.590. The van der Waals surface area contributed by atoms with E-state index in [1.54, 1.807) is 26.2 Å². The summed E-state index contributed by atoms with van der Waals surface area (Å²) in [4.78, 5) is 0. The molecule has 0 unspecified atom stereocenters. The molecule has 0 spiro atoms. The zero-order valence-electron chi connectivity index (χ0n) is 9.16. The fourth-order valence-electron chi connectivity index (χ4n) is 1.19. The van der Waals surface area contributed by atoms with E-state index in [2.05, 4.69) is 20.7 Å². The average molecular weight is 308 g/mol. The van der Waals surface area contributed by atoms with E-state index in [0.29, 0.717) is 12.3 Å².